The normalized spacial score (nSPS) is 21.9. The number of amides is 2. The summed E-state index contributed by atoms with van der Waals surface area (Å²) in [6.45, 7) is 7.64. The second kappa shape index (κ2) is 63.9. The molecule has 2 saturated heterocycles. The Labute approximate surface area is 650 Å². The smallest absolute Gasteiger partial charge is 0.790 e. The van der Waals surface area contributed by atoms with Gasteiger partial charge in [-0.15, -0.1) is 0 Å². The number of phosphoric ester groups is 2. The van der Waals surface area contributed by atoms with E-state index in [-0.39, 0.29) is 163 Å². The summed E-state index contributed by atoms with van der Waals surface area (Å²) in [5.74, 6) is -1.64. The van der Waals surface area contributed by atoms with Crippen LogP contribution >= 0.6 is 15.6 Å². The van der Waals surface area contributed by atoms with Gasteiger partial charge in [0.05, 0.1) is 41.4 Å². The molecule has 2 aliphatic heterocycles. The molecule has 2 heterocycles. The predicted molar refractivity (Wildman–Crippen MR) is 338 cm³/mol. The first-order valence-corrected chi connectivity index (χ1v) is 37.9. The van der Waals surface area contributed by atoms with Gasteiger partial charge in [-0.1, -0.05) is 220 Å². The number of methoxy groups -OCH3 is 2. The molecule has 0 radical (unpaired) electrons. The Balaban J connectivity index is -0.0000202. The Morgan fingerprint density at radius 3 is 1.41 bits per heavy atom. The maximum Gasteiger partial charge on any atom is 1.00 e. The summed E-state index contributed by atoms with van der Waals surface area (Å²) in [7, 11) is -8.77. The summed E-state index contributed by atoms with van der Waals surface area (Å²) in [4.78, 5) is 90.9. The molecule has 3 N–H and O–H groups in total. The molecule has 27 heteroatoms. The standard InChI is InChI=1S/C66H126N2O19P2.4Na/c1-7-11-15-19-22-25-26-27-28-29-30-32-34-38-42-46-57(70)67-60-64(82-49-47-54(80-6)45-41-36-18-14-10-4)62(86-88(73,74)75)56(51-79-5)85-65(60)83-52-55-61(72)63(81-48-43-39-35-24-21-17-13-9-3)59(66(84-55)87-89(76,77)78)68-58(71)50-53(69)44-40-37-33-31-23-20-16-12-8-2;;;;/h25-26,54-56,59-66,72H,7-24,27-52H2,1-6H3,(H,67,70)(H,68,71)(H2,73,74,75)(H2,76,77,78);;;;/q;4*+1/p-4/b26-25+;;;;/t54-,55-,56-,59-,60-,61-,62-,63-,64-,65-,66-;;;;/m1..../s1. The first kappa shape index (κ1) is 99.4. The van der Waals surface area contributed by atoms with E-state index in [9.17, 15) is 48.2 Å². The number of Topliss-reactive ketones (excluding diaryl/α,β-unsaturated/α-hetero) is 1. The van der Waals surface area contributed by atoms with E-state index in [2.05, 4.69) is 50.5 Å². The number of unbranched alkanes of at least 4 members (excludes halogenated alkanes) is 30. The molecule has 21 nitrogen and oxygen atoms in total. The number of nitrogens with one attached hydrogen (secondary N) is 2. The summed E-state index contributed by atoms with van der Waals surface area (Å²) in [5, 5.41) is 17.7. The third-order valence-corrected chi connectivity index (χ3v) is 17.8. The van der Waals surface area contributed by atoms with Crippen LogP contribution in [0.15, 0.2) is 12.2 Å². The van der Waals surface area contributed by atoms with Crippen molar-refractivity contribution in [3.63, 3.8) is 0 Å². The number of hydrogen-bond donors (Lipinski definition) is 3. The number of carbonyl (C=O) groups excluding carboxylic acids is 3. The minimum Gasteiger partial charge on any atom is -0.790 e. The summed E-state index contributed by atoms with van der Waals surface area (Å²) < 4.78 is 77.9. The van der Waals surface area contributed by atoms with E-state index in [1.165, 1.54) is 58.5 Å². The van der Waals surface area contributed by atoms with Crippen LogP contribution in [0.25, 0.3) is 0 Å². The topological polar surface area (TPSA) is 305 Å². The monoisotopic (exact) mass is 1400 g/mol. The van der Waals surface area contributed by atoms with Crippen molar-refractivity contribution < 1.29 is 209 Å². The number of aliphatic hydroxyl groups excluding tert-OH is 1. The Morgan fingerprint density at radius 2 is 0.903 bits per heavy atom. The molecule has 524 valence electrons. The van der Waals surface area contributed by atoms with E-state index in [0.29, 0.717) is 25.7 Å². The van der Waals surface area contributed by atoms with Gasteiger partial charge in [0.15, 0.2) is 12.6 Å². The zero-order valence-corrected chi connectivity index (χ0v) is 69.6. The van der Waals surface area contributed by atoms with Crippen molar-refractivity contribution in [3.8, 4) is 0 Å². The van der Waals surface area contributed by atoms with Crippen LogP contribution in [0.3, 0.4) is 0 Å². The molecule has 11 atom stereocenters. The summed E-state index contributed by atoms with van der Waals surface area (Å²) in [6.07, 6.45) is 28.0. The van der Waals surface area contributed by atoms with Gasteiger partial charge in [-0.3, -0.25) is 14.4 Å². The third-order valence-electron chi connectivity index (χ3n) is 16.8. The van der Waals surface area contributed by atoms with Crippen molar-refractivity contribution in [3.05, 3.63) is 12.2 Å². The maximum atomic E-state index is 14.1. The van der Waals surface area contributed by atoms with E-state index in [4.69, 9.17) is 42.2 Å². The Bertz CT molecular complexity index is 1920. The van der Waals surface area contributed by atoms with E-state index in [0.717, 1.165) is 161 Å². The van der Waals surface area contributed by atoms with E-state index in [1.54, 1.807) is 7.11 Å². The molecule has 0 spiro atoms. The van der Waals surface area contributed by atoms with Gasteiger partial charge in [0, 0.05) is 40.3 Å². The molecule has 0 aromatic heterocycles. The van der Waals surface area contributed by atoms with Gasteiger partial charge in [-0.05, 0) is 57.8 Å². The van der Waals surface area contributed by atoms with Gasteiger partial charge in [0.25, 0.3) is 0 Å². The Kier molecular flexibility index (Phi) is 68.3. The first-order valence-electron chi connectivity index (χ1n) is 34.9. The van der Waals surface area contributed by atoms with E-state index >= 15 is 0 Å². The van der Waals surface area contributed by atoms with Gasteiger partial charge >= 0.3 is 118 Å². The van der Waals surface area contributed by atoms with Crippen molar-refractivity contribution in [2.45, 2.75) is 352 Å². The number of ketones is 1. The van der Waals surface area contributed by atoms with Crippen molar-refractivity contribution >= 4 is 33.2 Å². The van der Waals surface area contributed by atoms with Gasteiger partial charge in [-0.25, -0.2) is 0 Å². The zero-order chi connectivity index (χ0) is 65.4. The first-order chi connectivity index (χ1) is 42.9. The number of carbonyl (C=O) groups is 3. The van der Waals surface area contributed by atoms with Crippen LogP contribution in [0.1, 0.15) is 285 Å². The van der Waals surface area contributed by atoms with E-state index in [1.807, 2.05) is 0 Å². The number of rotatable bonds is 59. The predicted octanol–water partition coefficient (Wildman–Crippen LogP) is -0.901. The fraction of sp³-hybridized carbons (Fsp3) is 0.924. The molecule has 2 amide bonds. The van der Waals surface area contributed by atoms with Crippen LogP contribution in [-0.2, 0) is 65.7 Å². The molecule has 0 aromatic rings. The van der Waals surface area contributed by atoms with Crippen LogP contribution in [0.5, 0.6) is 0 Å². The molecule has 2 aliphatic rings. The van der Waals surface area contributed by atoms with Crippen molar-refractivity contribution in [2.75, 3.05) is 40.6 Å². The number of allylic oxidation sites excluding steroid dienone is 2. The number of hydrogen-bond acceptors (Lipinski definition) is 19. The summed E-state index contributed by atoms with van der Waals surface area (Å²) in [5.41, 5.74) is 0. The minimum absolute atomic E-state index is 0. The van der Waals surface area contributed by atoms with Crippen LogP contribution < -0.4 is 148 Å². The number of phosphoric acid groups is 2. The SMILES string of the molecule is CCCCCC/C=C/CCCCCCCCCC(=O)N[C@H]1[C@H](OC[C@H]2O[C@H](OP(=O)([O-])[O-])[C@H](NC(=O)CC(=O)CCCCCCCCCCC)[C@@H](OCCCCCCCCCC)[C@@H]2O)O[C@H](COC)[C@@H](OP(=O)([O-])[O-])[C@@H]1OCC[C@@H](CCCCCCC)OC.[Na+].[Na+].[Na+].[Na+]. The average Bonchev–Trinajstić information content (AvgIpc) is 0.798. The zero-order valence-electron chi connectivity index (χ0n) is 59.8. The number of aliphatic hydroxyl groups is 1. The van der Waals surface area contributed by atoms with Crippen molar-refractivity contribution in [1.29, 1.82) is 0 Å². The average molecular weight is 1400 g/mol. The van der Waals surface area contributed by atoms with Crippen LogP contribution in [0.2, 0.25) is 0 Å². The molecular weight excluding hydrogens is 1280 g/mol. The fourth-order valence-electron chi connectivity index (χ4n) is 11.7. The molecule has 0 aliphatic carbocycles. The van der Waals surface area contributed by atoms with E-state index < -0.39 is 102 Å². The van der Waals surface area contributed by atoms with Gasteiger partial charge < -0.3 is 86.6 Å². The Morgan fingerprint density at radius 1 is 0.473 bits per heavy atom. The van der Waals surface area contributed by atoms with Crippen molar-refractivity contribution in [2.24, 2.45) is 0 Å². The molecule has 0 aromatic carbocycles. The molecule has 2 fully saturated rings. The van der Waals surface area contributed by atoms with Gasteiger partial charge in [0.1, 0.15) is 54.5 Å². The minimum atomic E-state index is -5.90. The maximum absolute atomic E-state index is 14.1. The van der Waals surface area contributed by atoms with Crippen LogP contribution in [0.4, 0.5) is 0 Å². The van der Waals surface area contributed by atoms with Crippen molar-refractivity contribution in [1.82, 2.24) is 10.6 Å². The Hall–Kier alpha value is 2.25. The largest absolute Gasteiger partial charge is 1.00 e. The quantitative estimate of drug-likeness (QED) is 0.0219. The van der Waals surface area contributed by atoms with Crippen LogP contribution in [0, 0.1) is 0 Å². The second-order valence-electron chi connectivity index (χ2n) is 24.7. The molecular formula is C66H122N2Na4O19P2. The number of ether oxygens (including phenoxy) is 7. The molecule has 0 bridgehead atoms. The van der Waals surface area contributed by atoms with Crippen LogP contribution in [-0.4, -0.2) is 131 Å². The van der Waals surface area contributed by atoms with Gasteiger partial charge in [-0.2, -0.15) is 0 Å². The third kappa shape index (κ3) is 50.3. The van der Waals surface area contributed by atoms with Gasteiger partial charge in [0.2, 0.25) is 11.8 Å². The second-order valence-corrected chi connectivity index (χ2v) is 27.0. The fourth-order valence-corrected chi connectivity index (χ4v) is 12.7. The molecule has 0 unspecified atom stereocenters. The molecule has 93 heavy (non-hydrogen) atoms. The summed E-state index contributed by atoms with van der Waals surface area (Å²) in [6, 6.07) is -3.00. The summed E-state index contributed by atoms with van der Waals surface area (Å²) >= 11 is 0. The molecule has 0 saturated carbocycles. The molecule has 2 rings (SSSR count).